The second-order valence-electron chi connectivity index (χ2n) is 6.30. The zero-order chi connectivity index (χ0) is 13.4. The van der Waals surface area contributed by atoms with Gasteiger partial charge in [0, 0.05) is 31.2 Å². The lowest BCUT2D eigenvalue weighted by Gasteiger charge is -2.39. The van der Waals surface area contributed by atoms with E-state index in [2.05, 4.69) is 4.90 Å². The highest BCUT2D eigenvalue weighted by atomic mass is 35.5. The number of piperidine rings is 1. The Morgan fingerprint density at radius 3 is 2.47 bits per heavy atom. The number of likely N-dealkylation sites (tertiary alicyclic amines) is 1. The highest BCUT2D eigenvalue weighted by Crippen LogP contribution is 2.24. The van der Waals surface area contributed by atoms with Crippen molar-refractivity contribution in [2.75, 3.05) is 31.9 Å². The Hall–Kier alpha value is 0.120. The molecule has 0 aromatic rings. The van der Waals surface area contributed by atoms with Crippen molar-refractivity contribution in [1.29, 1.82) is 0 Å². The molecule has 0 spiro atoms. The van der Waals surface area contributed by atoms with Gasteiger partial charge in [0.1, 0.15) is 0 Å². The van der Waals surface area contributed by atoms with Crippen LogP contribution in [0.5, 0.6) is 0 Å². The van der Waals surface area contributed by atoms with Crippen molar-refractivity contribution in [3.8, 4) is 0 Å². The molecule has 2 aliphatic heterocycles. The van der Waals surface area contributed by atoms with E-state index in [0.29, 0.717) is 12.3 Å². The summed E-state index contributed by atoms with van der Waals surface area (Å²) in [6.45, 7) is 7.43. The van der Waals surface area contributed by atoms with Crippen LogP contribution in [0.3, 0.4) is 0 Å². The average Bonchev–Trinajstić information content (AvgIpc) is 2.56. The van der Waals surface area contributed by atoms with E-state index in [1.807, 2.05) is 13.8 Å². The molecular weight excluding hydrogens is 286 g/mol. The summed E-state index contributed by atoms with van der Waals surface area (Å²) in [4.78, 5) is 2.31. The molecule has 2 saturated heterocycles. The summed E-state index contributed by atoms with van der Waals surface area (Å²) >= 11 is 0. The van der Waals surface area contributed by atoms with Crippen LogP contribution in [-0.4, -0.2) is 61.1 Å². The third-order valence-electron chi connectivity index (χ3n) is 3.66. The maximum absolute atomic E-state index is 11.9. The Bertz CT molecular complexity index is 394. The van der Waals surface area contributed by atoms with Gasteiger partial charge in [0.15, 0.2) is 0 Å². The lowest BCUT2D eigenvalue weighted by Crippen LogP contribution is -2.53. The number of hydrogen-bond acceptors (Lipinski definition) is 4. The van der Waals surface area contributed by atoms with Gasteiger partial charge in [0.2, 0.25) is 10.0 Å². The van der Waals surface area contributed by atoms with Crippen molar-refractivity contribution in [2.45, 2.75) is 44.7 Å². The molecule has 0 aromatic carbocycles. The van der Waals surface area contributed by atoms with Crippen molar-refractivity contribution in [1.82, 2.24) is 9.21 Å². The van der Waals surface area contributed by atoms with E-state index in [-0.39, 0.29) is 24.0 Å². The quantitative estimate of drug-likeness (QED) is 0.831. The predicted octanol–water partition coefficient (Wildman–Crippen LogP) is 0.645. The largest absolute Gasteiger partial charge is 0.324 e. The summed E-state index contributed by atoms with van der Waals surface area (Å²) in [6.07, 6.45) is 2.83. The van der Waals surface area contributed by atoms with Crippen LogP contribution in [0, 0.1) is 0 Å². The number of sulfonamides is 1. The zero-order valence-corrected chi connectivity index (χ0v) is 13.5. The Balaban J connectivity index is 0.00000180. The molecule has 2 rings (SSSR count). The van der Waals surface area contributed by atoms with Gasteiger partial charge in [-0.05, 0) is 39.7 Å². The topological polar surface area (TPSA) is 66.6 Å². The van der Waals surface area contributed by atoms with Crippen LogP contribution < -0.4 is 5.73 Å². The molecule has 2 fully saturated rings. The standard InChI is InChI=1S/C12H25N3O2S.ClH/c1-12(2,13)10-14-6-3-5-11(9-14)15-7-4-8-18(15,16)17;/h11H,3-10,13H2,1-2H3;1H. The van der Waals surface area contributed by atoms with Gasteiger partial charge < -0.3 is 5.73 Å². The molecule has 0 saturated carbocycles. The van der Waals surface area contributed by atoms with Crippen LogP contribution >= 0.6 is 12.4 Å². The molecule has 0 radical (unpaired) electrons. The highest BCUT2D eigenvalue weighted by molar-refractivity contribution is 7.89. The minimum atomic E-state index is -2.98. The van der Waals surface area contributed by atoms with Crippen molar-refractivity contribution in [2.24, 2.45) is 5.73 Å². The monoisotopic (exact) mass is 311 g/mol. The number of hydrogen-bond donors (Lipinski definition) is 1. The molecule has 1 atom stereocenters. The van der Waals surface area contributed by atoms with Gasteiger partial charge in [-0.3, -0.25) is 4.90 Å². The third-order valence-corrected chi connectivity index (χ3v) is 5.66. The maximum atomic E-state index is 11.9. The molecule has 2 heterocycles. The lowest BCUT2D eigenvalue weighted by atomic mass is 10.0. The number of halogens is 1. The van der Waals surface area contributed by atoms with E-state index < -0.39 is 10.0 Å². The van der Waals surface area contributed by atoms with Gasteiger partial charge in [0.05, 0.1) is 5.75 Å². The summed E-state index contributed by atoms with van der Waals surface area (Å²) in [6, 6.07) is 0.161. The van der Waals surface area contributed by atoms with Crippen molar-refractivity contribution in [3.05, 3.63) is 0 Å². The number of nitrogens with zero attached hydrogens (tertiary/aromatic N) is 2. The average molecular weight is 312 g/mol. The first-order chi connectivity index (χ1) is 8.28. The van der Waals surface area contributed by atoms with Gasteiger partial charge in [-0.2, -0.15) is 4.31 Å². The Kier molecular flexibility index (Phi) is 5.66. The summed E-state index contributed by atoms with van der Waals surface area (Å²) < 4.78 is 25.6. The van der Waals surface area contributed by atoms with Crippen LogP contribution in [0.25, 0.3) is 0 Å². The SMILES string of the molecule is CC(C)(N)CN1CCCC(N2CCCS2(=O)=O)C1.Cl. The molecule has 7 heteroatoms. The fourth-order valence-electron chi connectivity index (χ4n) is 3.05. The number of rotatable bonds is 3. The van der Waals surface area contributed by atoms with Gasteiger partial charge in [0.25, 0.3) is 0 Å². The Morgan fingerprint density at radius 2 is 1.95 bits per heavy atom. The minimum absolute atomic E-state index is 0. The predicted molar refractivity (Wildman–Crippen MR) is 80.1 cm³/mol. The molecule has 0 aromatic heterocycles. The second-order valence-corrected chi connectivity index (χ2v) is 8.34. The first-order valence-corrected chi connectivity index (χ1v) is 8.40. The molecule has 0 aliphatic carbocycles. The molecule has 0 amide bonds. The maximum Gasteiger partial charge on any atom is 0.214 e. The molecule has 114 valence electrons. The van der Waals surface area contributed by atoms with E-state index in [1.54, 1.807) is 4.31 Å². The van der Waals surface area contributed by atoms with Crippen LogP contribution in [0.2, 0.25) is 0 Å². The summed E-state index contributed by atoms with van der Waals surface area (Å²) in [5.41, 5.74) is 5.83. The number of nitrogens with two attached hydrogens (primary N) is 1. The highest BCUT2D eigenvalue weighted by Gasteiger charge is 2.36. The van der Waals surface area contributed by atoms with Crippen LogP contribution in [-0.2, 0) is 10.0 Å². The first kappa shape index (κ1) is 17.2. The lowest BCUT2D eigenvalue weighted by molar-refractivity contribution is 0.133. The van der Waals surface area contributed by atoms with Gasteiger partial charge in [-0.25, -0.2) is 8.42 Å². The van der Waals surface area contributed by atoms with E-state index in [0.717, 1.165) is 38.9 Å². The summed E-state index contributed by atoms with van der Waals surface area (Å²) in [5.74, 6) is 0.325. The second kappa shape index (κ2) is 6.26. The van der Waals surface area contributed by atoms with Crippen LogP contribution in [0.4, 0.5) is 0 Å². The summed E-state index contributed by atoms with van der Waals surface area (Å²) in [5, 5.41) is 0. The molecule has 0 bridgehead atoms. The molecular formula is C12H26ClN3O2S. The van der Waals surface area contributed by atoms with Crippen LogP contribution in [0.1, 0.15) is 33.1 Å². The van der Waals surface area contributed by atoms with E-state index in [9.17, 15) is 8.42 Å². The molecule has 5 nitrogen and oxygen atoms in total. The smallest absolute Gasteiger partial charge is 0.214 e. The minimum Gasteiger partial charge on any atom is -0.324 e. The molecule has 19 heavy (non-hydrogen) atoms. The summed E-state index contributed by atoms with van der Waals surface area (Å²) in [7, 11) is -2.98. The normalized spacial score (nSPS) is 29.1. The zero-order valence-electron chi connectivity index (χ0n) is 11.8. The first-order valence-electron chi connectivity index (χ1n) is 6.79. The third kappa shape index (κ3) is 4.56. The molecule has 1 unspecified atom stereocenters. The van der Waals surface area contributed by atoms with E-state index in [1.165, 1.54) is 0 Å². The van der Waals surface area contributed by atoms with Crippen LogP contribution in [0.15, 0.2) is 0 Å². The van der Waals surface area contributed by atoms with Gasteiger partial charge in [-0.1, -0.05) is 0 Å². The fourth-order valence-corrected chi connectivity index (χ4v) is 4.82. The Labute approximate surface area is 123 Å². The van der Waals surface area contributed by atoms with Gasteiger partial charge >= 0.3 is 0 Å². The van der Waals surface area contributed by atoms with E-state index >= 15 is 0 Å². The van der Waals surface area contributed by atoms with Crippen molar-refractivity contribution in [3.63, 3.8) is 0 Å². The van der Waals surface area contributed by atoms with Crippen molar-refractivity contribution >= 4 is 22.4 Å². The molecule has 2 aliphatic rings. The fraction of sp³-hybridized carbons (Fsp3) is 1.00. The van der Waals surface area contributed by atoms with Gasteiger partial charge in [-0.15, -0.1) is 12.4 Å². The Morgan fingerprint density at radius 1 is 1.26 bits per heavy atom. The van der Waals surface area contributed by atoms with E-state index in [4.69, 9.17) is 5.73 Å². The molecule has 2 N–H and O–H groups in total. The van der Waals surface area contributed by atoms with Crippen molar-refractivity contribution < 1.29 is 8.42 Å².